The summed E-state index contributed by atoms with van der Waals surface area (Å²) in [6.07, 6.45) is 3.43. The molecule has 0 spiro atoms. The van der Waals surface area contributed by atoms with Gasteiger partial charge in [0.25, 0.3) is 0 Å². The van der Waals surface area contributed by atoms with E-state index in [0.717, 1.165) is 18.5 Å². The first-order valence-electron chi connectivity index (χ1n) is 6.24. The van der Waals surface area contributed by atoms with E-state index >= 15 is 0 Å². The summed E-state index contributed by atoms with van der Waals surface area (Å²) < 4.78 is 1.61. The topological polar surface area (TPSA) is 47.8 Å². The largest absolute Gasteiger partial charge is 0.292 e. The molecule has 2 aromatic rings. The van der Waals surface area contributed by atoms with E-state index in [-0.39, 0.29) is 11.7 Å². The molecule has 18 heavy (non-hydrogen) atoms. The zero-order valence-corrected chi connectivity index (χ0v) is 10.7. The van der Waals surface area contributed by atoms with Crippen molar-refractivity contribution in [3.8, 4) is 5.69 Å². The minimum absolute atomic E-state index is 0.0102. The first kappa shape index (κ1) is 12.5. The van der Waals surface area contributed by atoms with Crippen LogP contribution < -0.4 is 0 Å². The fourth-order valence-electron chi connectivity index (χ4n) is 1.98. The number of ketones is 1. The van der Waals surface area contributed by atoms with Crippen LogP contribution in [0.2, 0.25) is 0 Å². The Morgan fingerprint density at radius 3 is 2.72 bits per heavy atom. The van der Waals surface area contributed by atoms with E-state index in [4.69, 9.17) is 0 Å². The number of nitrogens with zero attached hydrogens (tertiary/aromatic N) is 3. The highest BCUT2D eigenvalue weighted by molar-refractivity contribution is 5.96. The number of benzene rings is 1. The molecule has 94 valence electrons. The van der Waals surface area contributed by atoms with E-state index in [0.29, 0.717) is 5.69 Å². The lowest BCUT2D eigenvalue weighted by molar-refractivity contribution is 0.0915. The lowest BCUT2D eigenvalue weighted by atomic mass is 9.99. The Hall–Kier alpha value is -1.97. The molecule has 1 unspecified atom stereocenters. The maximum Gasteiger partial charge on any atom is 0.185 e. The third-order valence-corrected chi connectivity index (χ3v) is 2.97. The van der Waals surface area contributed by atoms with Gasteiger partial charge in [0.05, 0.1) is 11.9 Å². The zero-order chi connectivity index (χ0) is 13.0. The van der Waals surface area contributed by atoms with Crippen LogP contribution in [0.3, 0.4) is 0 Å². The van der Waals surface area contributed by atoms with Crippen LogP contribution in [0.4, 0.5) is 0 Å². The summed E-state index contributed by atoms with van der Waals surface area (Å²) in [4.78, 5) is 12.3. The molecule has 0 bridgehead atoms. The normalized spacial score (nSPS) is 12.3. The quantitative estimate of drug-likeness (QED) is 0.759. The fourth-order valence-corrected chi connectivity index (χ4v) is 1.98. The van der Waals surface area contributed by atoms with E-state index in [1.165, 1.54) is 0 Å². The number of hydrogen-bond donors (Lipinski definition) is 0. The Morgan fingerprint density at radius 1 is 1.33 bits per heavy atom. The Labute approximate surface area is 107 Å². The van der Waals surface area contributed by atoms with Crippen molar-refractivity contribution in [2.75, 3.05) is 0 Å². The van der Waals surface area contributed by atoms with Crippen LogP contribution in [0.15, 0.2) is 36.5 Å². The van der Waals surface area contributed by atoms with Crippen molar-refractivity contribution in [2.45, 2.75) is 26.7 Å². The Morgan fingerprint density at radius 2 is 2.06 bits per heavy atom. The van der Waals surface area contributed by atoms with Crippen LogP contribution in [0.25, 0.3) is 5.69 Å². The van der Waals surface area contributed by atoms with Gasteiger partial charge in [0.2, 0.25) is 0 Å². The fraction of sp³-hybridized carbons (Fsp3) is 0.357. The number of carbonyl (C=O) groups is 1. The third-order valence-electron chi connectivity index (χ3n) is 2.97. The van der Waals surface area contributed by atoms with E-state index in [9.17, 15) is 4.79 Å². The van der Waals surface area contributed by atoms with Gasteiger partial charge in [-0.3, -0.25) is 4.79 Å². The molecule has 1 heterocycles. The molecule has 0 aliphatic rings. The number of Topliss-reactive ketones (excluding diaryl/α,β-unsaturated/α-hetero) is 1. The van der Waals surface area contributed by atoms with Crippen LogP contribution in [-0.4, -0.2) is 20.8 Å². The minimum Gasteiger partial charge on any atom is -0.292 e. The van der Waals surface area contributed by atoms with Gasteiger partial charge in [-0.25, -0.2) is 4.68 Å². The van der Waals surface area contributed by atoms with Gasteiger partial charge in [-0.2, -0.15) is 0 Å². The van der Waals surface area contributed by atoms with Crippen LogP contribution in [0, 0.1) is 5.92 Å². The van der Waals surface area contributed by atoms with E-state index in [1.807, 2.05) is 37.3 Å². The second-order valence-corrected chi connectivity index (χ2v) is 4.42. The van der Waals surface area contributed by atoms with E-state index in [2.05, 4.69) is 17.2 Å². The van der Waals surface area contributed by atoms with Gasteiger partial charge in [0, 0.05) is 5.92 Å². The second kappa shape index (κ2) is 5.58. The molecule has 1 aromatic heterocycles. The number of aromatic nitrogens is 3. The third kappa shape index (κ3) is 2.47. The van der Waals surface area contributed by atoms with Gasteiger partial charge in [-0.05, 0) is 18.6 Å². The molecule has 0 saturated carbocycles. The average Bonchev–Trinajstić information content (AvgIpc) is 2.88. The molecule has 0 amide bonds. The molecule has 0 aliphatic carbocycles. The highest BCUT2D eigenvalue weighted by Gasteiger charge is 2.19. The smallest absolute Gasteiger partial charge is 0.185 e. The standard InChI is InChI=1S/C14H17N3O/c1-3-7-11(2)14(18)13-10-15-16-17(13)12-8-5-4-6-9-12/h4-6,8-11H,3,7H2,1-2H3. The molecular weight excluding hydrogens is 226 g/mol. The first-order chi connectivity index (χ1) is 8.74. The number of para-hydroxylation sites is 1. The number of rotatable bonds is 5. The Kier molecular flexibility index (Phi) is 3.87. The molecule has 2 rings (SSSR count). The number of carbonyl (C=O) groups excluding carboxylic acids is 1. The second-order valence-electron chi connectivity index (χ2n) is 4.42. The molecule has 1 atom stereocenters. The molecule has 0 N–H and O–H groups in total. The van der Waals surface area contributed by atoms with Crippen LogP contribution >= 0.6 is 0 Å². The predicted octanol–water partition coefficient (Wildman–Crippen LogP) is 2.89. The van der Waals surface area contributed by atoms with Crippen molar-refractivity contribution in [3.05, 3.63) is 42.2 Å². The Balaban J connectivity index is 2.31. The molecule has 0 aliphatic heterocycles. The molecule has 1 aromatic carbocycles. The van der Waals surface area contributed by atoms with Gasteiger partial charge in [0.1, 0.15) is 5.69 Å². The lowest BCUT2D eigenvalue weighted by Gasteiger charge is -2.10. The number of hydrogen-bond acceptors (Lipinski definition) is 3. The maximum absolute atomic E-state index is 12.3. The van der Waals surface area contributed by atoms with Crippen LogP contribution in [-0.2, 0) is 0 Å². The summed E-state index contributed by atoms with van der Waals surface area (Å²) >= 11 is 0. The molecule has 4 nitrogen and oxygen atoms in total. The first-order valence-corrected chi connectivity index (χ1v) is 6.24. The summed E-state index contributed by atoms with van der Waals surface area (Å²) in [7, 11) is 0. The summed E-state index contributed by atoms with van der Waals surface area (Å²) in [5, 5.41) is 7.85. The summed E-state index contributed by atoms with van der Waals surface area (Å²) in [6, 6.07) is 9.59. The van der Waals surface area contributed by atoms with Gasteiger partial charge >= 0.3 is 0 Å². The predicted molar refractivity (Wildman–Crippen MR) is 69.8 cm³/mol. The van der Waals surface area contributed by atoms with Gasteiger partial charge < -0.3 is 0 Å². The van der Waals surface area contributed by atoms with Crippen molar-refractivity contribution in [3.63, 3.8) is 0 Å². The van der Waals surface area contributed by atoms with Crippen molar-refractivity contribution in [1.29, 1.82) is 0 Å². The molecular formula is C14H17N3O. The van der Waals surface area contributed by atoms with Gasteiger partial charge in [0.15, 0.2) is 5.78 Å². The van der Waals surface area contributed by atoms with Crippen molar-refractivity contribution < 1.29 is 4.79 Å². The average molecular weight is 243 g/mol. The van der Waals surface area contributed by atoms with Crippen LogP contribution in [0.1, 0.15) is 37.2 Å². The van der Waals surface area contributed by atoms with E-state index in [1.54, 1.807) is 10.9 Å². The highest BCUT2D eigenvalue weighted by atomic mass is 16.1. The SMILES string of the molecule is CCCC(C)C(=O)c1cnnn1-c1ccccc1. The summed E-state index contributed by atoms with van der Waals surface area (Å²) in [6.45, 7) is 4.03. The summed E-state index contributed by atoms with van der Waals surface area (Å²) in [5.41, 5.74) is 1.42. The van der Waals surface area contributed by atoms with Crippen molar-refractivity contribution in [1.82, 2.24) is 15.0 Å². The molecule has 0 saturated heterocycles. The lowest BCUT2D eigenvalue weighted by Crippen LogP contribution is -2.16. The minimum atomic E-state index is 0.0102. The maximum atomic E-state index is 12.3. The highest BCUT2D eigenvalue weighted by Crippen LogP contribution is 2.15. The Bertz CT molecular complexity index is 519. The summed E-state index contributed by atoms with van der Waals surface area (Å²) in [5.74, 6) is 0.113. The van der Waals surface area contributed by atoms with Gasteiger partial charge in [-0.1, -0.05) is 43.7 Å². The van der Waals surface area contributed by atoms with E-state index < -0.39 is 0 Å². The molecule has 0 fully saturated rings. The van der Waals surface area contributed by atoms with Crippen LogP contribution in [0.5, 0.6) is 0 Å². The van der Waals surface area contributed by atoms with Gasteiger partial charge in [-0.15, -0.1) is 5.10 Å². The van der Waals surface area contributed by atoms with Crippen molar-refractivity contribution >= 4 is 5.78 Å². The molecule has 4 heteroatoms. The zero-order valence-electron chi connectivity index (χ0n) is 10.7. The monoisotopic (exact) mass is 243 g/mol. The van der Waals surface area contributed by atoms with Crippen molar-refractivity contribution in [2.24, 2.45) is 5.92 Å². The molecule has 0 radical (unpaired) electrons.